The van der Waals surface area contributed by atoms with E-state index in [4.69, 9.17) is 9.47 Å². The lowest BCUT2D eigenvalue weighted by molar-refractivity contribution is -0.125. The van der Waals surface area contributed by atoms with Gasteiger partial charge in [0.2, 0.25) is 5.91 Å². The number of nitrogens with one attached hydrogen (secondary N) is 1. The quantitative estimate of drug-likeness (QED) is 0.461. The van der Waals surface area contributed by atoms with Gasteiger partial charge in [-0.3, -0.25) is 9.69 Å². The average molecular weight is 490 g/mol. The van der Waals surface area contributed by atoms with Crippen LogP contribution in [0.5, 0.6) is 5.75 Å². The highest BCUT2D eigenvalue weighted by Gasteiger charge is 2.38. The number of methoxy groups -OCH3 is 2. The third-order valence-electron chi connectivity index (χ3n) is 6.25. The number of aromatic nitrogens is 3. The van der Waals surface area contributed by atoms with E-state index in [9.17, 15) is 9.59 Å². The summed E-state index contributed by atoms with van der Waals surface area (Å²) in [7, 11) is 2.93. The van der Waals surface area contributed by atoms with Gasteiger partial charge < -0.3 is 14.8 Å². The molecule has 0 saturated carbocycles. The van der Waals surface area contributed by atoms with Crippen LogP contribution >= 0.6 is 0 Å². The Morgan fingerprint density at radius 2 is 1.86 bits per heavy atom. The number of rotatable bonds is 9. The third kappa shape index (κ3) is 6.17. The highest BCUT2D eigenvalue weighted by molar-refractivity contribution is 5.86. The lowest BCUT2D eigenvalue weighted by Crippen LogP contribution is -2.43. The van der Waals surface area contributed by atoms with Gasteiger partial charge in [-0.05, 0) is 36.6 Å². The molecule has 188 valence electrons. The van der Waals surface area contributed by atoms with Crippen LogP contribution in [-0.4, -0.2) is 65.1 Å². The van der Waals surface area contributed by atoms with E-state index < -0.39 is 5.97 Å². The first-order chi connectivity index (χ1) is 17.5. The number of hydrogen-bond acceptors (Lipinski definition) is 7. The van der Waals surface area contributed by atoms with E-state index in [0.29, 0.717) is 26.1 Å². The maximum Gasteiger partial charge on any atom is 0.360 e. The molecule has 3 aromatic rings. The Morgan fingerprint density at radius 3 is 2.56 bits per heavy atom. The largest absolute Gasteiger partial charge is 0.497 e. The zero-order valence-electron chi connectivity index (χ0n) is 20.8. The molecule has 1 saturated heterocycles. The number of ether oxygens (including phenoxy) is 2. The molecule has 1 N–H and O–H groups in total. The summed E-state index contributed by atoms with van der Waals surface area (Å²) in [6.45, 7) is 3.72. The van der Waals surface area contributed by atoms with E-state index >= 15 is 0 Å². The summed E-state index contributed by atoms with van der Waals surface area (Å²) in [6, 6.07) is 17.3. The fraction of sp³-hybridized carbons (Fsp3) is 0.333. The average Bonchev–Trinajstić information content (AvgIpc) is 3.55. The molecule has 4 rings (SSSR count). The van der Waals surface area contributed by atoms with Gasteiger partial charge in [0, 0.05) is 19.6 Å². The van der Waals surface area contributed by atoms with Crippen molar-refractivity contribution in [2.75, 3.05) is 27.3 Å². The third-order valence-corrected chi connectivity index (χ3v) is 6.25. The second kappa shape index (κ2) is 11.6. The summed E-state index contributed by atoms with van der Waals surface area (Å²) >= 11 is 0. The zero-order chi connectivity index (χ0) is 25.5. The van der Waals surface area contributed by atoms with E-state index in [0.717, 1.165) is 22.4 Å². The Morgan fingerprint density at radius 1 is 1.11 bits per heavy atom. The number of carbonyl (C=O) groups is 2. The molecule has 36 heavy (non-hydrogen) atoms. The van der Waals surface area contributed by atoms with Gasteiger partial charge in [0.05, 0.1) is 32.5 Å². The predicted molar refractivity (Wildman–Crippen MR) is 135 cm³/mol. The van der Waals surface area contributed by atoms with E-state index in [1.807, 2.05) is 42.5 Å². The second-order valence-electron chi connectivity index (χ2n) is 8.88. The molecule has 0 bridgehead atoms. The molecule has 0 unspecified atom stereocenters. The first-order valence-electron chi connectivity index (χ1n) is 11.8. The topological polar surface area (TPSA) is 98.6 Å². The number of esters is 1. The van der Waals surface area contributed by atoms with Crippen LogP contribution in [-0.2, 0) is 16.1 Å². The number of nitrogens with zero attached hydrogens (tertiary/aromatic N) is 4. The summed E-state index contributed by atoms with van der Waals surface area (Å²) < 4.78 is 11.6. The SMILES string of the molecule is COC(=O)c1cn([C@@H]2C[C@@H](C(=O)NCc3ccc(OC)cc3)N(CC(C)=Cc3ccccc3)C2)nn1. The Kier molecular flexibility index (Phi) is 8.12. The van der Waals surface area contributed by atoms with Gasteiger partial charge in [0.15, 0.2) is 5.69 Å². The van der Waals surface area contributed by atoms with Crippen LogP contribution in [0.25, 0.3) is 6.08 Å². The zero-order valence-corrected chi connectivity index (χ0v) is 20.8. The molecular weight excluding hydrogens is 458 g/mol. The van der Waals surface area contributed by atoms with Gasteiger partial charge in [0.1, 0.15) is 5.75 Å². The standard InChI is InChI=1S/C27H31N5O4/c1-19(13-20-7-5-4-6-8-20)16-31-17-22(32-18-24(29-30-32)27(34)36-3)14-25(31)26(33)28-15-21-9-11-23(35-2)12-10-21/h4-13,18,22,25H,14-17H2,1-3H3,(H,28,33)/t22-,25+/m1/s1. The van der Waals surface area contributed by atoms with Crippen LogP contribution in [0.3, 0.4) is 0 Å². The fourth-order valence-electron chi connectivity index (χ4n) is 4.42. The van der Waals surface area contributed by atoms with Gasteiger partial charge in [-0.15, -0.1) is 5.10 Å². The van der Waals surface area contributed by atoms with Crippen LogP contribution in [0.15, 0.2) is 66.4 Å². The van der Waals surface area contributed by atoms with Crippen molar-refractivity contribution in [1.82, 2.24) is 25.2 Å². The fourth-order valence-corrected chi connectivity index (χ4v) is 4.42. The lowest BCUT2D eigenvalue weighted by Gasteiger charge is -2.24. The number of amides is 1. The highest BCUT2D eigenvalue weighted by Crippen LogP contribution is 2.28. The number of likely N-dealkylation sites (tertiary alicyclic amines) is 1. The maximum absolute atomic E-state index is 13.3. The smallest absolute Gasteiger partial charge is 0.360 e. The molecule has 9 heteroatoms. The van der Waals surface area contributed by atoms with Gasteiger partial charge >= 0.3 is 5.97 Å². The Labute approximate surface area is 210 Å². The van der Waals surface area contributed by atoms with Gasteiger partial charge in [-0.2, -0.15) is 0 Å². The molecule has 1 amide bonds. The van der Waals surface area contributed by atoms with Gasteiger partial charge in [-0.25, -0.2) is 9.48 Å². The molecule has 2 atom stereocenters. The first kappa shape index (κ1) is 25.1. The van der Waals surface area contributed by atoms with Crippen LogP contribution in [0.1, 0.15) is 41.0 Å². The van der Waals surface area contributed by atoms with Crippen molar-refractivity contribution in [1.29, 1.82) is 0 Å². The molecule has 1 aliphatic heterocycles. The molecule has 1 fully saturated rings. The lowest BCUT2D eigenvalue weighted by atomic mass is 10.1. The summed E-state index contributed by atoms with van der Waals surface area (Å²) in [5.74, 6) is 0.190. The molecule has 2 heterocycles. The van der Waals surface area contributed by atoms with Crippen molar-refractivity contribution < 1.29 is 19.1 Å². The van der Waals surface area contributed by atoms with Crippen molar-refractivity contribution in [3.8, 4) is 5.75 Å². The minimum Gasteiger partial charge on any atom is -0.497 e. The molecule has 1 aromatic heterocycles. The molecule has 2 aromatic carbocycles. The van der Waals surface area contributed by atoms with Crippen molar-refractivity contribution >= 4 is 18.0 Å². The van der Waals surface area contributed by atoms with Gasteiger partial charge in [0.25, 0.3) is 0 Å². The van der Waals surface area contributed by atoms with Crippen molar-refractivity contribution in [2.24, 2.45) is 0 Å². The minimum absolute atomic E-state index is 0.0471. The van der Waals surface area contributed by atoms with Crippen LogP contribution in [0.4, 0.5) is 0 Å². The Balaban J connectivity index is 1.49. The Hall–Kier alpha value is -3.98. The van der Waals surface area contributed by atoms with Crippen molar-refractivity contribution in [3.05, 3.63) is 83.2 Å². The minimum atomic E-state index is -0.536. The Bertz CT molecular complexity index is 1210. The molecule has 0 aliphatic carbocycles. The molecular formula is C27H31N5O4. The molecule has 0 spiro atoms. The first-order valence-corrected chi connectivity index (χ1v) is 11.8. The van der Waals surface area contributed by atoms with Crippen molar-refractivity contribution in [2.45, 2.75) is 32.0 Å². The summed E-state index contributed by atoms with van der Waals surface area (Å²) in [6.07, 6.45) is 4.26. The molecule has 9 nitrogen and oxygen atoms in total. The summed E-state index contributed by atoms with van der Waals surface area (Å²) in [5.41, 5.74) is 3.40. The van der Waals surface area contributed by atoms with E-state index in [1.54, 1.807) is 18.0 Å². The summed E-state index contributed by atoms with van der Waals surface area (Å²) in [5, 5.41) is 11.1. The van der Waals surface area contributed by atoms with E-state index in [2.05, 4.69) is 45.7 Å². The number of carbonyl (C=O) groups excluding carboxylic acids is 2. The highest BCUT2D eigenvalue weighted by atomic mass is 16.5. The second-order valence-corrected chi connectivity index (χ2v) is 8.88. The van der Waals surface area contributed by atoms with Crippen molar-refractivity contribution in [3.63, 3.8) is 0 Å². The van der Waals surface area contributed by atoms with Crippen LogP contribution < -0.4 is 10.1 Å². The maximum atomic E-state index is 13.3. The normalized spacial score (nSPS) is 18.1. The van der Waals surface area contributed by atoms with Crippen LogP contribution in [0.2, 0.25) is 0 Å². The van der Waals surface area contributed by atoms with E-state index in [-0.39, 0.29) is 23.7 Å². The number of benzene rings is 2. The molecule has 0 radical (unpaired) electrons. The van der Waals surface area contributed by atoms with Gasteiger partial charge in [-0.1, -0.05) is 59.3 Å². The predicted octanol–water partition coefficient (Wildman–Crippen LogP) is 3.11. The van der Waals surface area contributed by atoms with Crippen LogP contribution in [0, 0.1) is 0 Å². The monoisotopic (exact) mass is 489 g/mol. The number of hydrogen-bond donors (Lipinski definition) is 1. The molecule has 1 aliphatic rings. The van der Waals surface area contributed by atoms with E-state index in [1.165, 1.54) is 7.11 Å². The summed E-state index contributed by atoms with van der Waals surface area (Å²) in [4.78, 5) is 27.3.